The maximum absolute atomic E-state index is 11.2. The summed E-state index contributed by atoms with van der Waals surface area (Å²) in [4.78, 5) is 21.9. The number of hydrogen-bond donors (Lipinski definition) is 2. The number of Topliss-reactive ketones (excluding diaryl/α,β-unsaturated/α-hetero) is 2. The van der Waals surface area contributed by atoms with Gasteiger partial charge in [0.25, 0.3) is 0 Å². The van der Waals surface area contributed by atoms with Gasteiger partial charge in [0.05, 0.1) is 0 Å². The summed E-state index contributed by atoms with van der Waals surface area (Å²) in [5.41, 5.74) is 7.09. The van der Waals surface area contributed by atoms with Gasteiger partial charge in [0, 0.05) is 54.5 Å². The highest BCUT2D eigenvalue weighted by Crippen LogP contribution is 2.46. The monoisotopic (exact) mass is 549 g/mol. The molecule has 3 aliphatic heterocycles. The normalized spacial score (nSPS) is 20.0. The lowest BCUT2D eigenvalue weighted by molar-refractivity contribution is -0.193. The van der Waals surface area contributed by atoms with Crippen molar-refractivity contribution < 1.29 is 35.9 Å². The highest BCUT2D eigenvalue weighted by molar-refractivity contribution is 6.41. The quantitative estimate of drug-likeness (QED) is 0.315. The number of benzene rings is 3. The molecule has 0 unspecified atom stereocenters. The van der Waals surface area contributed by atoms with Gasteiger partial charge in [0.1, 0.15) is 0 Å². The van der Waals surface area contributed by atoms with Crippen LogP contribution in [-0.2, 0) is 16.0 Å². The molecule has 0 aliphatic carbocycles. The number of fused-ring (bicyclic) bond motifs is 3. The minimum atomic E-state index is -5.77. The number of halogens is 6. The Balaban J connectivity index is 0.000000220. The number of anilines is 3. The Kier molecular flexibility index (Phi) is 7.04. The van der Waals surface area contributed by atoms with Crippen LogP contribution in [0.5, 0.6) is 0 Å². The van der Waals surface area contributed by atoms with Gasteiger partial charge in [-0.05, 0) is 53.5 Å². The molecule has 5 nitrogen and oxygen atoms in total. The Labute approximate surface area is 220 Å². The van der Waals surface area contributed by atoms with Crippen molar-refractivity contribution in [3.05, 3.63) is 65.7 Å². The third-order valence-electron chi connectivity index (χ3n) is 7.39. The molecule has 0 bridgehead atoms. The van der Waals surface area contributed by atoms with E-state index in [4.69, 9.17) is 0 Å². The van der Waals surface area contributed by atoms with Crippen LogP contribution in [0.25, 0.3) is 10.8 Å². The lowest BCUT2D eigenvalue weighted by Gasteiger charge is -2.42. The van der Waals surface area contributed by atoms with Crippen LogP contribution in [0, 0.1) is 5.92 Å². The zero-order chi connectivity index (χ0) is 27.9. The van der Waals surface area contributed by atoms with Gasteiger partial charge in [-0.2, -0.15) is 26.3 Å². The zero-order valence-electron chi connectivity index (χ0n) is 20.6. The molecule has 206 valence electrons. The van der Waals surface area contributed by atoms with E-state index in [2.05, 4.69) is 70.1 Å². The summed E-state index contributed by atoms with van der Waals surface area (Å²) in [5, 5.41) is 9.96. The first-order chi connectivity index (χ1) is 18.4. The molecule has 0 spiro atoms. The Morgan fingerprint density at radius 3 is 2.31 bits per heavy atom. The fourth-order valence-electron chi connectivity index (χ4n) is 5.72. The smallest absolute Gasteiger partial charge is 0.371 e. The largest absolute Gasteiger partial charge is 0.458 e. The number of ketones is 2. The fourth-order valence-corrected chi connectivity index (χ4v) is 5.72. The summed E-state index contributed by atoms with van der Waals surface area (Å²) in [5.74, 6) is -5.39. The number of aryl methyl sites for hydroxylation is 1. The predicted octanol–water partition coefficient (Wildman–Crippen LogP) is 5.90. The van der Waals surface area contributed by atoms with E-state index in [1.54, 1.807) is 11.3 Å². The van der Waals surface area contributed by atoms with Crippen molar-refractivity contribution in [3.63, 3.8) is 0 Å². The maximum Gasteiger partial charge on any atom is 0.458 e. The molecule has 3 aromatic rings. The lowest BCUT2D eigenvalue weighted by Crippen LogP contribution is -2.41. The molecule has 0 aromatic heterocycles. The second-order valence-corrected chi connectivity index (χ2v) is 9.95. The van der Waals surface area contributed by atoms with Crippen molar-refractivity contribution in [1.82, 2.24) is 5.32 Å². The average molecular weight is 550 g/mol. The Morgan fingerprint density at radius 2 is 1.59 bits per heavy atom. The van der Waals surface area contributed by atoms with Crippen LogP contribution in [0.4, 0.5) is 43.4 Å². The number of carbonyl (C=O) groups is 2. The van der Waals surface area contributed by atoms with Gasteiger partial charge in [0.2, 0.25) is 0 Å². The number of nitrogens with one attached hydrogen (secondary N) is 2. The molecule has 0 saturated carbocycles. The first-order valence-corrected chi connectivity index (χ1v) is 12.5. The van der Waals surface area contributed by atoms with E-state index in [0.29, 0.717) is 5.92 Å². The van der Waals surface area contributed by atoms with E-state index < -0.39 is 23.9 Å². The van der Waals surface area contributed by atoms with E-state index in [1.807, 2.05) is 0 Å². The van der Waals surface area contributed by atoms with E-state index >= 15 is 0 Å². The molecule has 3 aliphatic rings. The van der Waals surface area contributed by atoms with E-state index in [0.717, 1.165) is 19.0 Å². The Bertz CT molecular complexity index is 1390. The predicted molar refractivity (Wildman–Crippen MR) is 135 cm³/mol. The molecule has 39 heavy (non-hydrogen) atoms. The van der Waals surface area contributed by atoms with E-state index in [1.165, 1.54) is 53.6 Å². The number of nitrogens with zero attached hydrogens (tertiary/aromatic N) is 1. The summed E-state index contributed by atoms with van der Waals surface area (Å²) >= 11 is 0. The van der Waals surface area contributed by atoms with Crippen LogP contribution in [0.2, 0.25) is 0 Å². The van der Waals surface area contributed by atoms with Crippen LogP contribution in [0.1, 0.15) is 23.5 Å². The molecule has 11 heteroatoms. The molecule has 3 heterocycles. The van der Waals surface area contributed by atoms with Crippen molar-refractivity contribution in [1.29, 1.82) is 0 Å². The van der Waals surface area contributed by atoms with Gasteiger partial charge in [-0.15, -0.1) is 0 Å². The third-order valence-corrected chi connectivity index (χ3v) is 7.39. The summed E-state index contributed by atoms with van der Waals surface area (Å²) in [6, 6.07) is 20.0. The van der Waals surface area contributed by atoms with Gasteiger partial charge in [-0.3, -0.25) is 9.59 Å². The first-order valence-electron chi connectivity index (χ1n) is 12.5. The molecule has 0 radical (unpaired) electrons. The molecule has 0 amide bonds. The second kappa shape index (κ2) is 10.2. The molecular formula is C28H25F6N3O2. The molecule has 3 aromatic carbocycles. The minimum absolute atomic E-state index is 0.669. The number of alkyl halides is 6. The summed E-state index contributed by atoms with van der Waals surface area (Å²) in [6.07, 6.45) is -9.07. The summed E-state index contributed by atoms with van der Waals surface area (Å²) < 4.78 is 67.0. The first kappa shape index (κ1) is 27.0. The summed E-state index contributed by atoms with van der Waals surface area (Å²) in [6.45, 7) is 4.74. The average Bonchev–Trinajstić information content (AvgIpc) is 3.36. The van der Waals surface area contributed by atoms with Crippen LogP contribution in [0.3, 0.4) is 0 Å². The number of carbonyl (C=O) groups excluding carboxylic acids is 2. The Hall–Kier alpha value is -3.60. The van der Waals surface area contributed by atoms with Gasteiger partial charge in [-0.1, -0.05) is 36.4 Å². The van der Waals surface area contributed by atoms with Crippen LogP contribution < -0.4 is 15.5 Å². The van der Waals surface area contributed by atoms with Gasteiger partial charge in [0.15, 0.2) is 0 Å². The highest BCUT2D eigenvalue weighted by Gasteiger charge is 2.54. The molecular weight excluding hydrogens is 524 g/mol. The number of hydrogen-bond acceptors (Lipinski definition) is 5. The summed E-state index contributed by atoms with van der Waals surface area (Å²) in [7, 11) is 0. The zero-order valence-corrected chi connectivity index (χ0v) is 20.6. The molecule has 6 rings (SSSR count). The van der Waals surface area contributed by atoms with Gasteiger partial charge in [-0.25, -0.2) is 0 Å². The van der Waals surface area contributed by atoms with E-state index in [9.17, 15) is 35.9 Å². The maximum atomic E-state index is 11.2. The van der Waals surface area contributed by atoms with Gasteiger partial charge < -0.3 is 15.5 Å². The molecule has 1 saturated heterocycles. The lowest BCUT2D eigenvalue weighted by atomic mass is 9.80. The van der Waals surface area contributed by atoms with Crippen molar-refractivity contribution in [2.75, 3.05) is 36.4 Å². The SMILES string of the molecule is O=C(C(=O)C(F)(F)F)C(F)(F)F.c1ccc2c(Nc3cc4c5c(c3)[C@@H]3CNC[C@@H]3CN5CCC4)cccc2c1. The minimum Gasteiger partial charge on any atom is -0.371 e. The fraction of sp³-hybridized carbons (Fsp3) is 0.357. The molecule has 1 fully saturated rings. The molecule has 2 atom stereocenters. The van der Waals surface area contributed by atoms with Crippen LogP contribution >= 0.6 is 0 Å². The van der Waals surface area contributed by atoms with Crippen molar-refractivity contribution in [2.24, 2.45) is 5.92 Å². The van der Waals surface area contributed by atoms with Crippen molar-refractivity contribution in [2.45, 2.75) is 31.1 Å². The van der Waals surface area contributed by atoms with Crippen molar-refractivity contribution >= 4 is 39.4 Å². The van der Waals surface area contributed by atoms with Gasteiger partial charge >= 0.3 is 23.9 Å². The third kappa shape index (κ3) is 5.45. The second-order valence-electron chi connectivity index (χ2n) is 9.95. The van der Waals surface area contributed by atoms with Crippen molar-refractivity contribution in [3.8, 4) is 0 Å². The van der Waals surface area contributed by atoms with E-state index in [-0.39, 0.29) is 0 Å². The topological polar surface area (TPSA) is 61.4 Å². The van der Waals surface area contributed by atoms with Crippen LogP contribution in [-0.4, -0.2) is 50.1 Å². The highest BCUT2D eigenvalue weighted by atomic mass is 19.4. The number of rotatable bonds is 3. The van der Waals surface area contributed by atoms with Crippen LogP contribution in [0.15, 0.2) is 54.6 Å². The molecule has 2 N–H and O–H groups in total. The standard InChI is InChI=1S/C24H25N3.C4F6O2/c1-2-8-20-16(5-1)6-3-9-23(20)26-19-11-17-7-4-10-27-15-18-13-25-14-22(18)21(12-19)24(17)27;5-3(6,7)1(11)2(12)4(8,9)10/h1-3,5-6,8-9,11-12,18,22,25-26H,4,7,10,13-15H2;/t18-,22-;/m1./s1. The Morgan fingerprint density at radius 1 is 0.897 bits per heavy atom.